The van der Waals surface area contributed by atoms with E-state index in [9.17, 15) is 18.0 Å². The highest BCUT2D eigenvalue weighted by Gasteiger charge is 2.31. The molecule has 0 aliphatic heterocycles. The molecule has 0 bridgehead atoms. The molecule has 28 heavy (non-hydrogen) atoms. The molecule has 2 aromatic rings. The summed E-state index contributed by atoms with van der Waals surface area (Å²) in [6.45, 7) is 0. The Balaban J connectivity index is 1.65. The van der Waals surface area contributed by atoms with E-state index in [2.05, 4.69) is 15.4 Å². The zero-order valence-corrected chi connectivity index (χ0v) is 15.2. The second-order valence-corrected chi connectivity index (χ2v) is 6.47. The maximum Gasteiger partial charge on any atom is 0.573 e. The zero-order valence-electron chi connectivity index (χ0n) is 14.5. The summed E-state index contributed by atoms with van der Waals surface area (Å²) in [5, 5.41) is 6.03. The molecule has 146 valence electrons. The van der Waals surface area contributed by atoms with Crippen LogP contribution in [0.15, 0.2) is 71.8 Å². The fourth-order valence-corrected chi connectivity index (χ4v) is 2.95. The number of para-hydroxylation sites is 1. The van der Waals surface area contributed by atoms with E-state index < -0.39 is 12.4 Å². The highest BCUT2D eigenvalue weighted by molar-refractivity contribution is 6.31. The van der Waals surface area contributed by atoms with Crippen molar-refractivity contribution in [3.05, 3.63) is 77.4 Å². The maximum absolute atomic E-state index is 12.3. The number of halogens is 4. The summed E-state index contributed by atoms with van der Waals surface area (Å²) in [5.74, 6) is -0.280. The van der Waals surface area contributed by atoms with Gasteiger partial charge in [-0.1, -0.05) is 42.0 Å². The lowest BCUT2D eigenvalue weighted by atomic mass is 9.91. The Morgan fingerprint density at radius 3 is 2.43 bits per heavy atom. The van der Waals surface area contributed by atoms with Crippen LogP contribution in [0.3, 0.4) is 0 Å². The molecule has 0 spiro atoms. The first-order valence-electron chi connectivity index (χ1n) is 8.37. The van der Waals surface area contributed by atoms with Gasteiger partial charge in [0.2, 0.25) is 0 Å². The zero-order chi connectivity index (χ0) is 20.1. The number of amides is 2. The molecule has 2 amide bonds. The minimum atomic E-state index is -4.76. The van der Waals surface area contributed by atoms with Gasteiger partial charge in [0.15, 0.2) is 0 Å². The van der Waals surface area contributed by atoms with Crippen LogP contribution in [0.25, 0.3) is 0 Å². The molecule has 1 unspecified atom stereocenters. The van der Waals surface area contributed by atoms with Gasteiger partial charge in [0, 0.05) is 22.3 Å². The van der Waals surface area contributed by atoms with Gasteiger partial charge in [-0.05, 0) is 48.4 Å². The number of nitrogens with one attached hydrogen (secondary N) is 2. The number of urea groups is 1. The summed E-state index contributed by atoms with van der Waals surface area (Å²) in [6, 6.07) is 11.8. The van der Waals surface area contributed by atoms with Gasteiger partial charge < -0.3 is 15.4 Å². The molecule has 0 fully saturated rings. The summed E-state index contributed by atoms with van der Waals surface area (Å²) >= 11 is 5.95. The number of allylic oxidation sites excluding steroid dienone is 4. The van der Waals surface area contributed by atoms with Crippen molar-refractivity contribution < 1.29 is 22.7 Å². The number of alkyl halides is 3. The van der Waals surface area contributed by atoms with Crippen molar-refractivity contribution in [2.45, 2.75) is 18.7 Å². The van der Waals surface area contributed by atoms with E-state index in [4.69, 9.17) is 11.6 Å². The normalized spacial score (nSPS) is 16.3. The Kier molecular flexibility index (Phi) is 5.94. The predicted molar refractivity (Wildman–Crippen MR) is 103 cm³/mol. The van der Waals surface area contributed by atoms with Gasteiger partial charge in [-0.25, -0.2) is 4.79 Å². The summed E-state index contributed by atoms with van der Waals surface area (Å²) < 4.78 is 40.4. The van der Waals surface area contributed by atoms with E-state index in [1.807, 2.05) is 30.4 Å². The van der Waals surface area contributed by atoms with E-state index in [0.29, 0.717) is 16.4 Å². The monoisotopic (exact) mass is 408 g/mol. The molecule has 8 heteroatoms. The fourth-order valence-electron chi connectivity index (χ4n) is 2.78. The van der Waals surface area contributed by atoms with Crippen molar-refractivity contribution in [1.29, 1.82) is 0 Å². The Hall–Kier alpha value is -2.93. The minimum Gasteiger partial charge on any atom is -0.406 e. The number of carbonyl (C=O) groups excluding carboxylic acids is 1. The van der Waals surface area contributed by atoms with Gasteiger partial charge in [-0.15, -0.1) is 13.2 Å². The summed E-state index contributed by atoms with van der Waals surface area (Å²) in [6.07, 6.45) is 1.66. The molecule has 0 saturated carbocycles. The van der Waals surface area contributed by atoms with Gasteiger partial charge in [0.1, 0.15) is 5.75 Å². The van der Waals surface area contributed by atoms with Crippen LogP contribution in [0.4, 0.5) is 29.3 Å². The first-order chi connectivity index (χ1) is 13.3. The van der Waals surface area contributed by atoms with E-state index in [1.165, 1.54) is 12.1 Å². The highest BCUT2D eigenvalue weighted by Crippen LogP contribution is 2.32. The standard InChI is InChI=1S/C20H16ClF3N2O2/c21-14-7-5-13(6-8-14)17-3-1-2-4-18(17)26-19(27)25-15-9-11-16(12-10-15)28-20(22,23)24/h1-5,7-13H,6H2,(H2,25,26,27). The van der Waals surface area contributed by atoms with E-state index in [-0.39, 0.29) is 11.7 Å². The number of carbonyl (C=O) groups is 1. The molecule has 2 N–H and O–H groups in total. The Morgan fingerprint density at radius 1 is 1.07 bits per heavy atom. The molecular formula is C20H16ClF3N2O2. The predicted octanol–water partition coefficient (Wildman–Crippen LogP) is 6.40. The third kappa shape index (κ3) is 5.53. The number of hydrogen-bond donors (Lipinski definition) is 2. The number of hydrogen-bond acceptors (Lipinski definition) is 2. The lowest BCUT2D eigenvalue weighted by molar-refractivity contribution is -0.274. The number of rotatable bonds is 4. The first-order valence-corrected chi connectivity index (χ1v) is 8.74. The minimum absolute atomic E-state index is 0.0813. The molecule has 0 saturated heterocycles. The van der Waals surface area contributed by atoms with Crippen LogP contribution in [0.2, 0.25) is 0 Å². The molecule has 0 heterocycles. The first kappa shape index (κ1) is 19.8. The van der Waals surface area contributed by atoms with Crippen LogP contribution >= 0.6 is 11.6 Å². The molecule has 3 rings (SSSR count). The fraction of sp³-hybridized carbons (Fsp3) is 0.150. The quantitative estimate of drug-likeness (QED) is 0.615. The lowest BCUT2D eigenvalue weighted by Gasteiger charge is -2.19. The molecule has 4 nitrogen and oxygen atoms in total. The third-order valence-corrected chi connectivity index (χ3v) is 4.29. The summed E-state index contributed by atoms with van der Waals surface area (Å²) in [5.41, 5.74) is 1.90. The van der Waals surface area contributed by atoms with Crippen LogP contribution in [-0.4, -0.2) is 12.4 Å². The van der Waals surface area contributed by atoms with Crippen LogP contribution in [-0.2, 0) is 0 Å². The smallest absolute Gasteiger partial charge is 0.406 e. The largest absolute Gasteiger partial charge is 0.573 e. The Labute approximate surface area is 164 Å². The molecule has 1 aliphatic carbocycles. The van der Waals surface area contributed by atoms with Crippen LogP contribution < -0.4 is 15.4 Å². The van der Waals surface area contributed by atoms with E-state index >= 15 is 0 Å². The lowest BCUT2D eigenvalue weighted by Crippen LogP contribution is -2.21. The molecule has 0 radical (unpaired) electrons. The average molecular weight is 409 g/mol. The average Bonchev–Trinajstić information content (AvgIpc) is 2.63. The number of benzene rings is 2. The number of ether oxygens (including phenoxy) is 1. The number of anilines is 2. The van der Waals surface area contributed by atoms with E-state index in [1.54, 1.807) is 12.1 Å². The Morgan fingerprint density at radius 2 is 1.79 bits per heavy atom. The summed E-state index contributed by atoms with van der Waals surface area (Å²) in [7, 11) is 0. The van der Waals surface area contributed by atoms with Crippen LogP contribution in [0, 0.1) is 0 Å². The van der Waals surface area contributed by atoms with Gasteiger partial charge >= 0.3 is 12.4 Å². The van der Waals surface area contributed by atoms with Crippen molar-refractivity contribution in [3.63, 3.8) is 0 Å². The Bertz CT molecular complexity index is 908. The van der Waals surface area contributed by atoms with Gasteiger partial charge in [0.25, 0.3) is 0 Å². The second-order valence-electron chi connectivity index (χ2n) is 6.03. The molecule has 0 aromatic heterocycles. The van der Waals surface area contributed by atoms with E-state index in [0.717, 1.165) is 24.1 Å². The second kappa shape index (κ2) is 8.39. The van der Waals surface area contributed by atoms with Crippen molar-refractivity contribution >= 4 is 29.0 Å². The highest BCUT2D eigenvalue weighted by atomic mass is 35.5. The third-order valence-electron chi connectivity index (χ3n) is 4.01. The topological polar surface area (TPSA) is 50.4 Å². The molecular weight excluding hydrogens is 393 g/mol. The van der Waals surface area contributed by atoms with Crippen molar-refractivity contribution in [2.75, 3.05) is 10.6 Å². The molecule has 1 atom stereocenters. The molecule has 1 aliphatic rings. The SMILES string of the molecule is O=C(Nc1ccc(OC(F)(F)F)cc1)Nc1ccccc1C1C=CC(Cl)=CC1. The van der Waals surface area contributed by atoms with Crippen molar-refractivity contribution in [1.82, 2.24) is 0 Å². The van der Waals surface area contributed by atoms with Gasteiger partial charge in [0.05, 0.1) is 0 Å². The molecule has 2 aromatic carbocycles. The van der Waals surface area contributed by atoms with Gasteiger partial charge in [-0.2, -0.15) is 0 Å². The maximum atomic E-state index is 12.3. The van der Waals surface area contributed by atoms with Crippen molar-refractivity contribution in [3.8, 4) is 5.75 Å². The van der Waals surface area contributed by atoms with Gasteiger partial charge in [-0.3, -0.25) is 0 Å². The van der Waals surface area contributed by atoms with Crippen LogP contribution in [0.1, 0.15) is 17.9 Å². The van der Waals surface area contributed by atoms with Crippen molar-refractivity contribution in [2.24, 2.45) is 0 Å². The summed E-state index contributed by atoms with van der Waals surface area (Å²) in [4.78, 5) is 12.3. The van der Waals surface area contributed by atoms with Crippen LogP contribution in [0.5, 0.6) is 5.75 Å².